The van der Waals surface area contributed by atoms with Gasteiger partial charge >= 0.3 is 0 Å². The fourth-order valence-corrected chi connectivity index (χ4v) is 4.87. The first kappa shape index (κ1) is 21.3. The van der Waals surface area contributed by atoms with Gasteiger partial charge in [0.15, 0.2) is 5.17 Å². The normalized spacial score (nSPS) is 19.2. The van der Waals surface area contributed by atoms with Crippen LogP contribution in [0.2, 0.25) is 5.02 Å². The zero-order chi connectivity index (χ0) is 22.9. The van der Waals surface area contributed by atoms with E-state index in [1.54, 1.807) is 35.4 Å². The van der Waals surface area contributed by atoms with E-state index in [2.05, 4.69) is 4.99 Å². The third-order valence-electron chi connectivity index (χ3n) is 5.39. The molecule has 0 radical (unpaired) electrons. The third kappa shape index (κ3) is 4.25. The van der Waals surface area contributed by atoms with Crippen molar-refractivity contribution in [2.75, 3.05) is 0 Å². The van der Waals surface area contributed by atoms with Crippen molar-refractivity contribution in [1.82, 2.24) is 5.01 Å². The van der Waals surface area contributed by atoms with Gasteiger partial charge in [0.1, 0.15) is 11.5 Å². The molecule has 3 aromatic rings. The number of amides is 1. The summed E-state index contributed by atoms with van der Waals surface area (Å²) in [6.45, 7) is 0. The predicted octanol–water partition coefficient (Wildman–Crippen LogP) is 5.57. The lowest BCUT2D eigenvalue weighted by Crippen LogP contribution is -2.23. The fourth-order valence-electron chi connectivity index (χ4n) is 3.78. The van der Waals surface area contributed by atoms with Crippen LogP contribution in [0.3, 0.4) is 0 Å². The number of hydrogen-bond donors (Lipinski definition) is 2. The van der Waals surface area contributed by atoms with Crippen LogP contribution in [0, 0.1) is 0 Å². The van der Waals surface area contributed by atoms with Crippen molar-refractivity contribution in [2.24, 2.45) is 10.1 Å². The molecule has 0 spiro atoms. The molecule has 6 nitrogen and oxygen atoms in total. The number of nitrogens with zero attached hydrogens (tertiary/aromatic N) is 3. The molecule has 33 heavy (non-hydrogen) atoms. The number of amidine groups is 1. The molecule has 0 aromatic heterocycles. The van der Waals surface area contributed by atoms with E-state index < -0.39 is 5.91 Å². The maximum atomic E-state index is 12.7. The number of carbonyl (C=O) groups excluding carboxylic acids is 1. The lowest BCUT2D eigenvalue weighted by Gasteiger charge is -2.23. The SMILES string of the molecule is O=C1N=C(N2N=C(c3ccccc3)CC2c2ccccc2O)S/C1=C\c1cc(Cl)ccc1O. The van der Waals surface area contributed by atoms with E-state index in [9.17, 15) is 15.0 Å². The van der Waals surface area contributed by atoms with Crippen molar-refractivity contribution >= 4 is 46.2 Å². The smallest absolute Gasteiger partial charge is 0.286 e. The summed E-state index contributed by atoms with van der Waals surface area (Å²) in [6.07, 6.45) is 2.11. The zero-order valence-electron chi connectivity index (χ0n) is 17.2. The molecule has 5 rings (SSSR count). The van der Waals surface area contributed by atoms with Crippen LogP contribution in [-0.4, -0.2) is 32.0 Å². The van der Waals surface area contributed by atoms with E-state index in [0.717, 1.165) is 11.3 Å². The van der Waals surface area contributed by atoms with Crippen molar-refractivity contribution < 1.29 is 15.0 Å². The largest absolute Gasteiger partial charge is 0.508 e. The Bertz CT molecular complexity index is 1340. The van der Waals surface area contributed by atoms with E-state index in [1.807, 2.05) is 42.5 Å². The topological polar surface area (TPSA) is 85.5 Å². The molecule has 0 bridgehead atoms. The first-order valence-electron chi connectivity index (χ1n) is 10.2. The number of phenols is 2. The molecule has 0 aliphatic carbocycles. The Labute approximate surface area is 199 Å². The first-order chi connectivity index (χ1) is 16.0. The van der Waals surface area contributed by atoms with Crippen LogP contribution in [0.1, 0.15) is 29.2 Å². The predicted molar refractivity (Wildman–Crippen MR) is 131 cm³/mol. The Hall–Kier alpha value is -3.55. The van der Waals surface area contributed by atoms with E-state index in [-0.39, 0.29) is 17.5 Å². The van der Waals surface area contributed by atoms with Gasteiger partial charge in [0.25, 0.3) is 5.91 Å². The number of rotatable bonds is 3. The number of hydrazone groups is 1. The molecule has 0 fully saturated rings. The molecule has 2 heterocycles. The maximum Gasteiger partial charge on any atom is 0.286 e. The minimum absolute atomic E-state index is 0.0198. The van der Waals surface area contributed by atoms with Crippen molar-refractivity contribution in [2.45, 2.75) is 12.5 Å². The Kier molecular flexibility index (Phi) is 5.66. The highest BCUT2D eigenvalue weighted by Crippen LogP contribution is 2.42. The maximum absolute atomic E-state index is 12.7. The van der Waals surface area contributed by atoms with Gasteiger partial charge in [0.05, 0.1) is 16.7 Å². The molecular weight excluding hydrogens is 458 g/mol. The molecule has 1 amide bonds. The van der Waals surface area contributed by atoms with Crippen molar-refractivity contribution in [3.05, 3.63) is 99.4 Å². The summed E-state index contributed by atoms with van der Waals surface area (Å²) in [6, 6.07) is 21.2. The second kappa shape index (κ2) is 8.77. The number of hydrogen-bond acceptors (Lipinski definition) is 6. The Morgan fingerprint density at radius 1 is 1.00 bits per heavy atom. The lowest BCUT2D eigenvalue weighted by molar-refractivity contribution is -0.113. The number of thioether (sulfide) groups is 1. The lowest BCUT2D eigenvalue weighted by atomic mass is 9.98. The summed E-state index contributed by atoms with van der Waals surface area (Å²) >= 11 is 7.21. The highest BCUT2D eigenvalue weighted by Gasteiger charge is 2.37. The third-order valence-corrected chi connectivity index (χ3v) is 6.60. The second-order valence-electron chi connectivity index (χ2n) is 7.55. The molecule has 0 saturated heterocycles. The highest BCUT2D eigenvalue weighted by atomic mass is 35.5. The first-order valence-corrected chi connectivity index (χ1v) is 11.4. The standard InChI is InChI=1S/C25H18ClN3O3S/c26-17-10-11-21(30)16(12-17)13-23-24(32)27-25(33-23)29-20(18-8-4-5-9-22(18)31)14-19(28-29)15-6-2-1-3-7-15/h1-13,20,30-31H,14H2/b23-13-. The van der Waals surface area contributed by atoms with Crippen LogP contribution in [0.15, 0.2) is 87.8 Å². The molecule has 1 atom stereocenters. The summed E-state index contributed by atoms with van der Waals surface area (Å²) in [4.78, 5) is 17.3. The second-order valence-corrected chi connectivity index (χ2v) is 8.99. The van der Waals surface area contributed by atoms with E-state index in [0.29, 0.717) is 32.6 Å². The number of halogens is 1. The Balaban J connectivity index is 1.51. The molecule has 0 saturated carbocycles. The molecular formula is C25H18ClN3O3S. The minimum atomic E-state index is -0.422. The molecule has 1 unspecified atom stereocenters. The Morgan fingerprint density at radius 2 is 1.76 bits per heavy atom. The van der Waals surface area contributed by atoms with Crippen LogP contribution >= 0.6 is 23.4 Å². The number of aromatic hydroxyl groups is 2. The van der Waals surface area contributed by atoms with Gasteiger partial charge in [-0.2, -0.15) is 10.1 Å². The van der Waals surface area contributed by atoms with Crippen molar-refractivity contribution in [1.29, 1.82) is 0 Å². The summed E-state index contributed by atoms with van der Waals surface area (Å²) in [5.41, 5.74) is 2.94. The van der Waals surface area contributed by atoms with Gasteiger partial charge in [-0.3, -0.25) is 4.79 Å². The summed E-state index contributed by atoms with van der Waals surface area (Å²) in [5.74, 6) is -0.244. The monoisotopic (exact) mass is 475 g/mol. The number of aliphatic imine (C=N–C) groups is 1. The van der Waals surface area contributed by atoms with Crippen molar-refractivity contribution in [3.63, 3.8) is 0 Å². The summed E-state index contributed by atoms with van der Waals surface area (Å²) in [5, 5.41) is 28.0. The Morgan fingerprint density at radius 3 is 2.55 bits per heavy atom. The van der Waals surface area contributed by atoms with Crippen LogP contribution < -0.4 is 0 Å². The van der Waals surface area contributed by atoms with Gasteiger partial charge in [-0.05, 0) is 47.7 Å². The average Bonchev–Trinajstić information content (AvgIpc) is 3.41. The molecule has 2 N–H and O–H groups in total. The minimum Gasteiger partial charge on any atom is -0.508 e. The van der Waals surface area contributed by atoms with Gasteiger partial charge < -0.3 is 10.2 Å². The molecule has 164 valence electrons. The summed E-state index contributed by atoms with van der Waals surface area (Å²) in [7, 11) is 0. The summed E-state index contributed by atoms with van der Waals surface area (Å²) < 4.78 is 0. The molecule has 8 heteroatoms. The van der Waals surface area contributed by atoms with Crippen LogP contribution in [-0.2, 0) is 4.79 Å². The van der Waals surface area contributed by atoms with Gasteiger partial charge in [0, 0.05) is 22.6 Å². The quantitative estimate of drug-likeness (QED) is 0.483. The highest BCUT2D eigenvalue weighted by molar-refractivity contribution is 8.18. The van der Waals surface area contributed by atoms with Crippen LogP contribution in [0.25, 0.3) is 6.08 Å². The molecule has 2 aliphatic rings. The number of phenolic OH excluding ortho intramolecular Hbond substituents is 2. The fraction of sp³-hybridized carbons (Fsp3) is 0.0800. The number of para-hydroxylation sites is 1. The van der Waals surface area contributed by atoms with Gasteiger partial charge in [-0.25, -0.2) is 5.01 Å². The van der Waals surface area contributed by atoms with Gasteiger partial charge in [0.2, 0.25) is 0 Å². The van der Waals surface area contributed by atoms with Crippen molar-refractivity contribution in [3.8, 4) is 11.5 Å². The van der Waals surface area contributed by atoms with E-state index in [1.165, 1.54) is 17.8 Å². The molecule has 2 aliphatic heterocycles. The van der Waals surface area contributed by atoms with E-state index >= 15 is 0 Å². The average molecular weight is 476 g/mol. The van der Waals surface area contributed by atoms with Gasteiger partial charge in [-0.15, -0.1) is 0 Å². The van der Waals surface area contributed by atoms with Crippen LogP contribution in [0.4, 0.5) is 0 Å². The molecule has 3 aromatic carbocycles. The number of benzene rings is 3. The van der Waals surface area contributed by atoms with Crippen LogP contribution in [0.5, 0.6) is 11.5 Å². The zero-order valence-corrected chi connectivity index (χ0v) is 18.8. The van der Waals surface area contributed by atoms with E-state index in [4.69, 9.17) is 16.7 Å². The number of carbonyl (C=O) groups is 1. The van der Waals surface area contributed by atoms with Gasteiger partial charge in [-0.1, -0.05) is 60.1 Å².